The predicted octanol–water partition coefficient (Wildman–Crippen LogP) is 3.88. The van der Waals surface area contributed by atoms with Gasteiger partial charge in [-0.1, -0.05) is 51.5 Å². The Morgan fingerprint density at radius 2 is 1.89 bits per heavy atom. The monoisotopic (exact) mass is 257 g/mol. The van der Waals surface area contributed by atoms with Crippen molar-refractivity contribution in [1.82, 2.24) is 0 Å². The van der Waals surface area contributed by atoms with Crippen LogP contribution >= 0.6 is 0 Å². The molecule has 0 fully saturated rings. The van der Waals surface area contributed by atoms with E-state index in [0.717, 1.165) is 13.0 Å². The maximum Gasteiger partial charge on any atom is 0.0652 e. The van der Waals surface area contributed by atoms with Crippen molar-refractivity contribution >= 4 is 11.6 Å². The van der Waals surface area contributed by atoms with E-state index in [9.17, 15) is 0 Å². The summed E-state index contributed by atoms with van der Waals surface area (Å²) in [6.45, 7) is 13.8. The molecule has 1 aliphatic heterocycles. The Morgan fingerprint density at radius 3 is 2.47 bits per heavy atom. The van der Waals surface area contributed by atoms with Gasteiger partial charge in [-0.3, -0.25) is 4.99 Å². The molecule has 0 aliphatic carbocycles. The minimum absolute atomic E-state index is 0.607. The van der Waals surface area contributed by atoms with Crippen molar-refractivity contribution in [2.45, 2.75) is 48.0 Å². The highest BCUT2D eigenvalue weighted by Crippen LogP contribution is 2.16. The average molecular weight is 257 g/mol. The molecular weight excluding hydrogens is 230 g/mol. The third-order valence-electron chi connectivity index (χ3n) is 3.46. The second-order valence-electron chi connectivity index (χ2n) is 5.00. The number of allylic oxidation sites excluding steroid dienone is 1. The summed E-state index contributed by atoms with van der Waals surface area (Å²) in [6, 6.07) is 4.35. The van der Waals surface area contributed by atoms with Crippen molar-refractivity contribution in [3.63, 3.8) is 0 Å². The summed E-state index contributed by atoms with van der Waals surface area (Å²) in [5.41, 5.74) is 4.26. The van der Waals surface area contributed by atoms with E-state index >= 15 is 0 Å². The Labute approximate surface area is 117 Å². The van der Waals surface area contributed by atoms with E-state index in [4.69, 9.17) is 0 Å². The molecule has 0 radical (unpaired) electrons. The van der Waals surface area contributed by atoms with Gasteiger partial charge in [-0.2, -0.15) is 0 Å². The second-order valence-corrected chi connectivity index (χ2v) is 5.00. The number of fused-ring (bicyclic) bond motifs is 1. The van der Waals surface area contributed by atoms with Gasteiger partial charge >= 0.3 is 0 Å². The van der Waals surface area contributed by atoms with Crippen LogP contribution in [0.3, 0.4) is 0 Å². The van der Waals surface area contributed by atoms with Crippen molar-refractivity contribution in [3.05, 3.63) is 39.9 Å². The highest BCUT2D eigenvalue weighted by Gasteiger charge is 2.12. The van der Waals surface area contributed by atoms with Gasteiger partial charge in [0.15, 0.2) is 0 Å². The lowest BCUT2D eigenvalue weighted by atomic mass is 9.91. The first-order chi connectivity index (χ1) is 9.15. The first-order valence-electron chi connectivity index (χ1n) is 7.45. The third-order valence-corrected chi connectivity index (χ3v) is 3.46. The molecule has 0 unspecified atom stereocenters. The Balaban J connectivity index is 0.000000861. The van der Waals surface area contributed by atoms with Crippen LogP contribution < -0.4 is 10.6 Å². The molecule has 1 aromatic rings. The summed E-state index contributed by atoms with van der Waals surface area (Å²) in [6.07, 6.45) is 5.45. The zero-order valence-electron chi connectivity index (χ0n) is 13.2. The number of aryl methyl sites for hydroxylation is 1. The first-order valence-corrected chi connectivity index (χ1v) is 7.45. The molecule has 0 saturated carbocycles. The number of hydrogen-bond donors (Lipinski definition) is 0. The van der Waals surface area contributed by atoms with Crippen LogP contribution in [0.4, 0.5) is 0 Å². The predicted molar refractivity (Wildman–Crippen MR) is 85.7 cm³/mol. The average Bonchev–Trinajstić information content (AvgIpc) is 2.43. The molecule has 19 heavy (non-hydrogen) atoms. The van der Waals surface area contributed by atoms with Crippen molar-refractivity contribution in [3.8, 4) is 0 Å². The van der Waals surface area contributed by atoms with Crippen LogP contribution in [0.2, 0.25) is 0 Å². The molecule has 1 nitrogen and oxygen atoms in total. The lowest BCUT2D eigenvalue weighted by Gasteiger charge is -2.17. The van der Waals surface area contributed by atoms with Crippen molar-refractivity contribution in [1.29, 1.82) is 0 Å². The fourth-order valence-corrected chi connectivity index (χ4v) is 2.56. The Kier molecular flexibility index (Phi) is 6.01. The van der Waals surface area contributed by atoms with E-state index in [1.807, 2.05) is 13.8 Å². The summed E-state index contributed by atoms with van der Waals surface area (Å²) < 4.78 is 0. The third kappa shape index (κ3) is 3.34. The van der Waals surface area contributed by atoms with E-state index in [2.05, 4.69) is 57.0 Å². The lowest BCUT2D eigenvalue weighted by Crippen LogP contribution is -2.35. The topological polar surface area (TPSA) is 12.4 Å². The lowest BCUT2D eigenvalue weighted by molar-refractivity contribution is 0.775. The number of benzene rings is 1. The Bertz CT molecular complexity index is 562. The van der Waals surface area contributed by atoms with E-state index in [0.29, 0.717) is 5.92 Å². The van der Waals surface area contributed by atoms with Crippen molar-refractivity contribution in [2.24, 2.45) is 10.9 Å². The summed E-state index contributed by atoms with van der Waals surface area (Å²) in [5.74, 6) is 0.607. The maximum absolute atomic E-state index is 4.65. The molecule has 0 amide bonds. The summed E-state index contributed by atoms with van der Waals surface area (Å²) >= 11 is 0. The van der Waals surface area contributed by atoms with Crippen LogP contribution in [-0.2, 0) is 0 Å². The Morgan fingerprint density at radius 1 is 1.21 bits per heavy atom. The molecule has 1 aliphatic rings. The molecule has 0 saturated heterocycles. The van der Waals surface area contributed by atoms with E-state index in [1.165, 1.54) is 21.7 Å². The molecule has 1 aromatic carbocycles. The highest BCUT2D eigenvalue weighted by molar-refractivity contribution is 5.61. The zero-order valence-corrected chi connectivity index (χ0v) is 13.2. The van der Waals surface area contributed by atoms with Crippen molar-refractivity contribution < 1.29 is 0 Å². The number of nitrogens with zero attached hydrogens (tertiary/aromatic N) is 1. The maximum atomic E-state index is 4.65. The van der Waals surface area contributed by atoms with Crippen LogP contribution in [0.1, 0.15) is 52.2 Å². The van der Waals surface area contributed by atoms with Gasteiger partial charge in [-0.15, -0.1) is 0 Å². The van der Waals surface area contributed by atoms with Gasteiger partial charge in [-0.25, -0.2) is 0 Å². The van der Waals surface area contributed by atoms with E-state index in [-0.39, 0.29) is 0 Å². The molecular formula is C18H27N. The molecule has 0 atom stereocenters. The van der Waals surface area contributed by atoms with Crippen LogP contribution in [0.25, 0.3) is 11.6 Å². The molecule has 0 N–H and O–H groups in total. The van der Waals surface area contributed by atoms with Gasteiger partial charge in [0.05, 0.1) is 5.36 Å². The zero-order chi connectivity index (χ0) is 14.4. The van der Waals surface area contributed by atoms with Crippen LogP contribution in [0.5, 0.6) is 0 Å². The van der Waals surface area contributed by atoms with Crippen molar-refractivity contribution in [2.75, 3.05) is 6.54 Å². The van der Waals surface area contributed by atoms with Crippen LogP contribution in [-0.4, -0.2) is 6.54 Å². The molecule has 2 rings (SSSR count). The Hall–Kier alpha value is -1.37. The minimum Gasteiger partial charge on any atom is -0.284 e. The highest BCUT2D eigenvalue weighted by atomic mass is 14.7. The normalized spacial score (nSPS) is 13.9. The van der Waals surface area contributed by atoms with Gasteiger partial charge in [0.25, 0.3) is 0 Å². The van der Waals surface area contributed by atoms with Gasteiger partial charge in [0, 0.05) is 11.8 Å². The molecule has 104 valence electrons. The second kappa shape index (κ2) is 7.28. The fourth-order valence-electron chi connectivity index (χ4n) is 2.56. The SMILES string of the molecule is C/C=C\c1c(C)ccc2c1=C(C(C)C)CCN=2.CC. The fraction of sp³-hybridized carbons (Fsp3) is 0.500. The largest absolute Gasteiger partial charge is 0.284 e. The van der Waals surface area contributed by atoms with E-state index in [1.54, 1.807) is 5.57 Å². The molecule has 0 aromatic heterocycles. The van der Waals surface area contributed by atoms with Crippen LogP contribution in [0.15, 0.2) is 23.2 Å². The molecule has 0 bridgehead atoms. The number of rotatable bonds is 2. The van der Waals surface area contributed by atoms with Gasteiger partial charge in [-0.05, 0) is 43.4 Å². The van der Waals surface area contributed by atoms with Gasteiger partial charge in [0.1, 0.15) is 0 Å². The summed E-state index contributed by atoms with van der Waals surface area (Å²) in [7, 11) is 0. The first kappa shape index (κ1) is 15.7. The molecule has 0 spiro atoms. The minimum atomic E-state index is 0.607. The summed E-state index contributed by atoms with van der Waals surface area (Å²) in [5, 5.41) is 2.57. The van der Waals surface area contributed by atoms with Gasteiger partial charge in [0.2, 0.25) is 0 Å². The van der Waals surface area contributed by atoms with Crippen LogP contribution in [0, 0.1) is 12.8 Å². The molecule has 1 heterocycles. The smallest absolute Gasteiger partial charge is 0.0652 e. The van der Waals surface area contributed by atoms with Gasteiger partial charge < -0.3 is 0 Å². The standard InChI is InChI=1S/C16H21N.C2H6/c1-5-6-14-12(4)7-8-15-16(14)13(11(2)3)9-10-17-15;1-2/h5-8,11H,9-10H2,1-4H3;1-2H3/b6-5-;. The molecule has 1 heteroatoms. The summed E-state index contributed by atoms with van der Waals surface area (Å²) in [4.78, 5) is 4.65. The number of hydrogen-bond acceptors (Lipinski definition) is 1. The quantitative estimate of drug-likeness (QED) is 0.762. The van der Waals surface area contributed by atoms with E-state index < -0.39 is 0 Å².